The average Bonchev–Trinajstić information content (AvgIpc) is 2.46. The predicted molar refractivity (Wildman–Crippen MR) is 78.1 cm³/mol. The molecule has 0 amide bonds. The first-order valence-corrected chi connectivity index (χ1v) is 6.43. The Hall–Kier alpha value is -2.02. The van der Waals surface area contributed by atoms with Gasteiger partial charge in [-0.05, 0) is 29.8 Å². The van der Waals surface area contributed by atoms with E-state index in [0.29, 0.717) is 6.54 Å². The Morgan fingerprint density at radius 1 is 1.15 bits per heavy atom. The Bertz CT molecular complexity index is 624. The van der Waals surface area contributed by atoms with Gasteiger partial charge in [0.2, 0.25) is 0 Å². The summed E-state index contributed by atoms with van der Waals surface area (Å²) in [4.78, 5) is 0. The first-order chi connectivity index (χ1) is 9.70. The van der Waals surface area contributed by atoms with E-state index in [0.717, 1.165) is 11.1 Å². The van der Waals surface area contributed by atoms with Gasteiger partial charge >= 0.3 is 0 Å². The summed E-state index contributed by atoms with van der Waals surface area (Å²) >= 11 is 5.88. The molecule has 2 nitrogen and oxygen atoms in total. The fraction of sp³-hybridized carbons (Fsp3) is 0.125. The molecule has 0 spiro atoms. The van der Waals surface area contributed by atoms with E-state index in [2.05, 4.69) is 11.8 Å². The summed E-state index contributed by atoms with van der Waals surface area (Å²) in [5.74, 6) is 5.30. The maximum Gasteiger partial charge on any atom is 0.174 e. The summed E-state index contributed by atoms with van der Waals surface area (Å²) in [5.41, 5.74) is 7.09. The molecule has 2 aromatic rings. The summed E-state index contributed by atoms with van der Waals surface area (Å²) in [6.45, 7) is 0.571. The minimum Gasteiger partial charge on any atom is -0.484 e. The van der Waals surface area contributed by atoms with Crippen LogP contribution in [0.15, 0.2) is 42.5 Å². The van der Waals surface area contributed by atoms with Gasteiger partial charge in [-0.15, -0.1) is 0 Å². The predicted octanol–water partition coefficient (Wildman–Crippen LogP) is 3.37. The smallest absolute Gasteiger partial charge is 0.174 e. The highest BCUT2D eigenvalue weighted by Crippen LogP contribution is 2.27. The number of halogens is 2. The van der Waals surface area contributed by atoms with E-state index in [1.54, 1.807) is 6.07 Å². The summed E-state index contributed by atoms with van der Waals surface area (Å²) in [7, 11) is 0. The monoisotopic (exact) mass is 289 g/mol. The molecule has 0 bridgehead atoms. The fourth-order valence-corrected chi connectivity index (χ4v) is 1.83. The molecule has 0 saturated carbocycles. The summed E-state index contributed by atoms with van der Waals surface area (Å²) in [6, 6.07) is 11.9. The van der Waals surface area contributed by atoms with Gasteiger partial charge in [-0.2, -0.15) is 0 Å². The van der Waals surface area contributed by atoms with E-state index < -0.39 is 5.82 Å². The molecule has 0 saturated heterocycles. The van der Waals surface area contributed by atoms with Crippen LogP contribution in [0.5, 0.6) is 5.75 Å². The molecule has 102 valence electrons. The van der Waals surface area contributed by atoms with Crippen molar-refractivity contribution in [3.8, 4) is 17.6 Å². The number of benzene rings is 2. The molecule has 0 aliphatic carbocycles. The van der Waals surface area contributed by atoms with Gasteiger partial charge in [0.15, 0.2) is 11.6 Å². The topological polar surface area (TPSA) is 35.2 Å². The van der Waals surface area contributed by atoms with Crippen molar-refractivity contribution in [2.45, 2.75) is 6.61 Å². The van der Waals surface area contributed by atoms with Crippen LogP contribution >= 0.6 is 11.6 Å². The Morgan fingerprint density at radius 2 is 1.90 bits per heavy atom. The van der Waals surface area contributed by atoms with Crippen LogP contribution in [0.2, 0.25) is 5.02 Å². The Labute approximate surface area is 122 Å². The summed E-state index contributed by atoms with van der Waals surface area (Å²) in [6.07, 6.45) is 0. The lowest BCUT2D eigenvalue weighted by molar-refractivity contribution is 0.290. The van der Waals surface area contributed by atoms with Crippen molar-refractivity contribution in [3.63, 3.8) is 0 Å². The maximum atomic E-state index is 13.5. The second kappa shape index (κ2) is 6.95. The van der Waals surface area contributed by atoms with Crippen LogP contribution in [-0.4, -0.2) is 6.54 Å². The van der Waals surface area contributed by atoms with Crippen LogP contribution < -0.4 is 10.5 Å². The maximum absolute atomic E-state index is 13.5. The molecule has 2 N–H and O–H groups in total. The molecule has 0 heterocycles. The second-order valence-corrected chi connectivity index (χ2v) is 4.45. The van der Waals surface area contributed by atoms with E-state index in [-0.39, 0.29) is 17.4 Å². The number of hydrogen-bond donors (Lipinski definition) is 1. The first kappa shape index (κ1) is 14.4. The highest BCUT2D eigenvalue weighted by atomic mass is 35.5. The average molecular weight is 290 g/mol. The van der Waals surface area contributed by atoms with Gasteiger partial charge < -0.3 is 10.5 Å². The molecule has 0 unspecified atom stereocenters. The van der Waals surface area contributed by atoms with Crippen molar-refractivity contribution in [1.29, 1.82) is 0 Å². The van der Waals surface area contributed by atoms with Gasteiger partial charge in [0.1, 0.15) is 6.61 Å². The number of ether oxygens (including phenoxy) is 1. The van der Waals surface area contributed by atoms with Gasteiger partial charge in [-0.3, -0.25) is 0 Å². The van der Waals surface area contributed by atoms with Crippen molar-refractivity contribution in [3.05, 3.63) is 64.4 Å². The van der Waals surface area contributed by atoms with Gasteiger partial charge in [-0.1, -0.05) is 41.6 Å². The van der Waals surface area contributed by atoms with Crippen LogP contribution in [-0.2, 0) is 6.61 Å². The zero-order valence-electron chi connectivity index (χ0n) is 10.7. The first-order valence-electron chi connectivity index (χ1n) is 6.05. The molecule has 2 aromatic carbocycles. The van der Waals surface area contributed by atoms with Crippen molar-refractivity contribution in [2.24, 2.45) is 5.73 Å². The summed E-state index contributed by atoms with van der Waals surface area (Å²) in [5, 5.41) is 0.260. The second-order valence-electron chi connectivity index (χ2n) is 4.04. The zero-order valence-corrected chi connectivity index (χ0v) is 11.5. The third kappa shape index (κ3) is 3.74. The molecule has 2 rings (SSSR count). The molecule has 0 aliphatic heterocycles. The largest absolute Gasteiger partial charge is 0.484 e. The van der Waals surface area contributed by atoms with Crippen LogP contribution in [0.3, 0.4) is 0 Å². The van der Waals surface area contributed by atoms with Crippen molar-refractivity contribution < 1.29 is 9.13 Å². The minimum atomic E-state index is -0.470. The number of para-hydroxylation sites is 1. The normalized spacial score (nSPS) is 9.75. The van der Waals surface area contributed by atoms with Crippen LogP contribution in [0.25, 0.3) is 0 Å². The molecule has 0 aliphatic rings. The standard InChI is InChI=1S/C16H13ClFNO/c17-14-4-1-5-15(18)16(14)20-11-13-8-6-12(7-9-13)3-2-10-19/h1,4-9H,10-11,19H2. The Balaban J connectivity index is 2.04. The van der Waals surface area contributed by atoms with Crippen molar-refractivity contribution in [1.82, 2.24) is 0 Å². The van der Waals surface area contributed by atoms with E-state index >= 15 is 0 Å². The molecular weight excluding hydrogens is 277 g/mol. The van der Waals surface area contributed by atoms with Crippen LogP contribution in [0.1, 0.15) is 11.1 Å². The Morgan fingerprint density at radius 3 is 2.55 bits per heavy atom. The molecule has 4 heteroatoms. The van der Waals surface area contributed by atoms with Gasteiger partial charge in [0.25, 0.3) is 0 Å². The quantitative estimate of drug-likeness (QED) is 0.879. The molecule has 0 atom stereocenters. The number of nitrogens with two attached hydrogens (primary N) is 1. The lowest BCUT2D eigenvalue weighted by Crippen LogP contribution is -1.98. The highest BCUT2D eigenvalue weighted by Gasteiger charge is 2.07. The third-order valence-electron chi connectivity index (χ3n) is 2.59. The van der Waals surface area contributed by atoms with Crippen molar-refractivity contribution >= 4 is 11.6 Å². The minimum absolute atomic E-state index is 0.0705. The number of rotatable bonds is 3. The van der Waals surface area contributed by atoms with Crippen molar-refractivity contribution in [2.75, 3.05) is 6.54 Å². The van der Waals surface area contributed by atoms with Gasteiger partial charge in [0.05, 0.1) is 11.6 Å². The molecular formula is C16H13ClFNO. The van der Waals surface area contributed by atoms with E-state index in [1.807, 2.05) is 24.3 Å². The molecule has 0 fully saturated rings. The van der Waals surface area contributed by atoms with Gasteiger partial charge in [-0.25, -0.2) is 4.39 Å². The number of hydrogen-bond acceptors (Lipinski definition) is 2. The highest BCUT2D eigenvalue weighted by molar-refractivity contribution is 6.32. The third-order valence-corrected chi connectivity index (χ3v) is 2.89. The lowest BCUT2D eigenvalue weighted by Gasteiger charge is -2.08. The fourth-order valence-electron chi connectivity index (χ4n) is 1.61. The van der Waals surface area contributed by atoms with E-state index in [1.165, 1.54) is 12.1 Å². The summed E-state index contributed by atoms with van der Waals surface area (Å²) < 4.78 is 18.9. The lowest BCUT2D eigenvalue weighted by atomic mass is 10.1. The Kier molecular flexibility index (Phi) is 5.00. The van der Waals surface area contributed by atoms with Gasteiger partial charge in [0, 0.05) is 5.56 Å². The zero-order chi connectivity index (χ0) is 14.4. The molecule has 20 heavy (non-hydrogen) atoms. The molecule has 0 radical (unpaired) electrons. The van der Waals surface area contributed by atoms with Crippen LogP contribution in [0, 0.1) is 17.7 Å². The SMILES string of the molecule is NCC#Cc1ccc(COc2c(F)cccc2Cl)cc1. The van der Waals surface area contributed by atoms with E-state index in [9.17, 15) is 4.39 Å². The molecule has 0 aromatic heterocycles. The van der Waals surface area contributed by atoms with Crippen LogP contribution in [0.4, 0.5) is 4.39 Å². The van der Waals surface area contributed by atoms with E-state index in [4.69, 9.17) is 22.1 Å².